The molecule has 3 nitrogen and oxygen atoms in total. The summed E-state index contributed by atoms with van der Waals surface area (Å²) in [7, 11) is -1.20. The Morgan fingerprint density at radius 2 is 1.79 bits per heavy atom. The van der Waals surface area contributed by atoms with E-state index in [4.69, 9.17) is 0 Å². The first kappa shape index (κ1) is 11.2. The second-order valence-corrected chi connectivity index (χ2v) is 5.44. The van der Waals surface area contributed by atoms with Crippen LogP contribution in [-0.2, 0) is 9.84 Å². The normalized spacial score (nSPS) is 11.6. The standard InChI is InChI=1S/C10H15NO2S/c1-9-3-5-10(6-4-9)14(12,13)8-7-11-2/h3-6,11H,7-8H2,1-2H3/p+1. The van der Waals surface area contributed by atoms with E-state index in [1.807, 2.05) is 31.4 Å². The lowest BCUT2D eigenvalue weighted by Crippen LogP contribution is -2.80. The molecule has 0 atom stereocenters. The van der Waals surface area contributed by atoms with E-state index in [1.165, 1.54) is 0 Å². The van der Waals surface area contributed by atoms with E-state index in [0.717, 1.165) is 5.56 Å². The molecule has 0 amide bonds. The second-order valence-electron chi connectivity index (χ2n) is 3.33. The number of benzene rings is 1. The van der Waals surface area contributed by atoms with Gasteiger partial charge in [0.2, 0.25) is 0 Å². The third-order valence-corrected chi connectivity index (χ3v) is 3.82. The van der Waals surface area contributed by atoms with Crippen LogP contribution in [0.25, 0.3) is 0 Å². The molecule has 1 aromatic carbocycles. The van der Waals surface area contributed by atoms with Crippen LogP contribution < -0.4 is 5.32 Å². The zero-order chi connectivity index (χ0) is 10.6. The van der Waals surface area contributed by atoms with E-state index >= 15 is 0 Å². The number of rotatable bonds is 4. The highest BCUT2D eigenvalue weighted by molar-refractivity contribution is 7.91. The van der Waals surface area contributed by atoms with Gasteiger partial charge in [-0.1, -0.05) is 17.7 Å². The molecule has 0 saturated carbocycles. The number of nitrogens with two attached hydrogens (primary N) is 1. The first-order valence-electron chi connectivity index (χ1n) is 4.63. The first-order chi connectivity index (χ1) is 6.56. The van der Waals surface area contributed by atoms with Crippen LogP contribution in [0.3, 0.4) is 0 Å². The second kappa shape index (κ2) is 4.57. The summed E-state index contributed by atoms with van der Waals surface area (Å²) in [6.45, 7) is 2.55. The van der Waals surface area contributed by atoms with Gasteiger partial charge >= 0.3 is 0 Å². The lowest BCUT2D eigenvalue weighted by molar-refractivity contribution is -0.622. The smallest absolute Gasteiger partial charge is 0.183 e. The molecule has 14 heavy (non-hydrogen) atoms. The molecule has 0 radical (unpaired) electrons. The van der Waals surface area contributed by atoms with E-state index in [0.29, 0.717) is 11.4 Å². The largest absolute Gasteiger partial charge is 0.348 e. The topological polar surface area (TPSA) is 50.8 Å². The summed E-state index contributed by atoms with van der Waals surface area (Å²) in [4.78, 5) is 0.421. The molecule has 0 unspecified atom stereocenters. The maximum Gasteiger partial charge on any atom is 0.183 e. The SMILES string of the molecule is C[NH2+]CCS(=O)(=O)c1ccc(C)cc1. The van der Waals surface area contributed by atoms with Crippen molar-refractivity contribution < 1.29 is 13.7 Å². The average molecular weight is 214 g/mol. The van der Waals surface area contributed by atoms with Gasteiger partial charge in [-0.2, -0.15) is 0 Å². The molecule has 0 aliphatic carbocycles. The van der Waals surface area contributed by atoms with Crippen molar-refractivity contribution in [3.63, 3.8) is 0 Å². The van der Waals surface area contributed by atoms with Gasteiger partial charge in [0.25, 0.3) is 0 Å². The van der Waals surface area contributed by atoms with E-state index in [9.17, 15) is 8.42 Å². The molecule has 0 saturated heterocycles. The van der Waals surface area contributed by atoms with Crippen LogP contribution in [0, 0.1) is 6.92 Å². The van der Waals surface area contributed by atoms with Crippen LogP contribution in [0.4, 0.5) is 0 Å². The van der Waals surface area contributed by atoms with Crippen LogP contribution in [0.1, 0.15) is 5.56 Å². The van der Waals surface area contributed by atoms with Crippen LogP contribution in [-0.4, -0.2) is 27.8 Å². The van der Waals surface area contributed by atoms with Crippen LogP contribution >= 0.6 is 0 Å². The molecule has 0 aliphatic heterocycles. The summed E-state index contributed by atoms with van der Waals surface area (Å²) < 4.78 is 23.4. The highest BCUT2D eigenvalue weighted by Gasteiger charge is 2.13. The minimum Gasteiger partial charge on any atom is -0.348 e. The highest BCUT2D eigenvalue weighted by atomic mass is 32.2. The Hall–Kier alpha value is -0.870. The molecule has 4 heteroatoms. The molecule has 0 bridgehead atoms. The number of sulfone groups is 1. The fraction of sp³-hybridized carbons (Fsp3) is 0.400. The van der Waals surface area contributed by atoms with Gasteiger partial charge in [0, 0.05) is 0 Å². The third-order valence-electron chi connectivity index (χ3n) is 2.06. The van der Waals surface area contributed by atoms with Crippen molar-refractivity contribution in [1.82, 2.24) is 0 Å². The summed E-state index contributed by atoms with van der Waals surface area (Å²) in [6, 6.07) is 6.98. The molecule has 78 valence electrons. The van der Waals surface area contributed by atoms with Gasteiger partial charge in [-0.25, -0.2) is 8.42 Å². The molecule has 2 N–H and O–H groups in total. The number of aryl methyl sites for hydroxylation is 1. The van der Waals surface area contributed by atoms with Crippen LogP contribution in [0.2, 0.25) is 0 Å². The molecule has 0 fully saturated rings. The Morgan fingerprint density at radius 3 is 2.29 bits per heavy atom. The van der Waals surface area contributed by atoms with Crippen molar-refractivity contribution in [3.05, 3.63) is 29.8 Å². The van der Waals surface area contributed by atoms with E-state index in [2.05, 4.69) is 0 Å². The first-order valence-corrected chi connectivity index (χ1v) is 6.29. The van der Waals surface area contributed by atoms with Gasteiger partial charge in [0.15, 0.2) is 9.84 Å². The lowest BCUT2D eigenvalue weighted by Gasteiger charge is -2.02. The number of quaternary nitrogens is 1. The lowest BCUT2D eigenvalue weighted by atomic mass is 10.2. The van der Waals surface area contributed by atoms with Crippen molar-refractivity contribution >= 4 is 9.84 Å². The van der Waals surface area contributed by atoms with Gasteiger partial charge in [0.1, 0.15) is 5.75 Å². The quantitative estimate of drug-likeness (QED) is 0.764. The molecule has 0 heterocycles. The van der Waals surface area contributed by atoms with E-state index in [-0.39, 0.29) is 5.75 Å². The summed E-state index contributed by atoms with van der Waals surface area (Å²) in [5.74, 6) is 0.201. The monoisotopic (exact) mass is 214 g/mol. The average Bonchev–Trinajstić information content (AvgIpc) is 2.16. The predicted molar refractivity (Wildman–Crippen MR) is 55.9 cm³/mol. The van der Waals surface area contributed by atoms with Gasteiger partial charge in [-0.05, 0) is 19.1 Å². The van der Waals surface area contributed by atoms with Crippen molar-refractivity contribution in [2.45, 2.75) is 11.8 Å². The van der Waals surface area contributed by atoms with Crippen molar-refractivity contribution in [2.24, 2.45) is 0 Å². The Morgan fingerprint density at radius 1 is 1.21 bits per heavy atom. The van der Waals surface area contributed by atoms with Crippen LogP contribution in [0.5, 0.6) is 0 Å². The van der Waals surface area contributed by atoms with Crippen LogP contribution in [0.15, 0.2) is 29.2 Å². The minimum absolute atomic E-state index is 0.201. The summed E-state index contributed by atoms with van der Waals surface area (Å²) in [5.41, 5.74) is 1.08. The van der Waals surface area contributed by atoms with Crippen molar-refractivity contribution in [3.8, 4) is 0 Å². The molecular formula is C10H16NO2S+. The van der Waals surface area contributed by atoms with Gasteiger partial charge in [-0.3, -0.25) is 0 Å². The maximum atomic E-state index is 11.7. The molecule has 1 aromatic rings. The van der Waals surface area contributed by atoms with E-state index < -0.39 is 9.84 Å². The van der Waals surface area contributed by atoms with Crippen molar-refractivity contribution in [2.75, 3.05) is 19.3 Å². The number of hydrogen-bond acceptors (Lipinski definition) is 2. The Kier molecular flexibility index (Phi) is 3.66. The summed E-state index contributed by atoms with van der Waals surface area (Å²) >= 11 is 0. The molecule has 0 aromatic heterocycles. The summed E-state index contributed by atoms with van der Waals surface area (Å²) in [6.07, 6.45) is 0. The fourth-order valence-electron chi connectivity index (χ4n) is 1.14. The Bertz CT molecular complexity index is 381. The minimum atomic E-state index is -3.07. The van der Waals surface area contributed by atoms with Gasteiger partial charge in [0.05, 0.1) is 18.5 Å². The third kappa shape index (κ3) is 2.82. The maximum absolute atomic E-state index is 11.7. The Labute approximate surface area is 85.1 Å². The highest BCUT2D eigenvalue weighted by Crippen LogP contribution is 2.11. The molecule has 0 spiro atoms. The zero-order valence-electron chi connectivity index (χ0n) is 8.53. The van der Waals surface area contributed by atoms with Gasteiger partial charge in [-0.15, -0.1) is 0 Å². The molecule has 1 rings (SSSR count). The molecule has 0 aliphatic rings. The van der Waals surface area contributed by atoms with Gasteiger partial charge < -0.3 is 5.32 Å². The van der Waals surface area contributed by atoms with E-state index in [1.54, 1.807) is 12.1 Å². The fourth-order valence-corrected chi connectivity index (χ4v) is 2.47. The van der Waals surface area contributed by atoms with Crippen molar-refractivity contribution in [1.29, 1.82) is 0 Å². The Balaban J connectivity index is 2.87. The zero-order valence-corrected chi connectivity index (χ0v) is 9.34. The molecular weight excluding hydrogens is 198 g/mol. The summed E-state index contributed by atoms with van der Waals surface area (Å²) in [5, 5.41) is 1.87. The number of hydrogen-bond donors (Lipinski definition) is 1. The predicted octanol–water partition coefficient (Wildman–Crippen LogP) is -0.0381.